The molecule has 0 fully saturated rings. The molecule has 0 saturated carbocycles. The van der Waals surface area contributed by atoms with Gasteiger partial charge in [0.25, 0.3) is 0 Å². The standard InChI is InChI=1S/C51H31N3/c1-2-15-32(16-3-1)49-52-50(54-51(53-49)48-37-21-6-4-17-33(37)29-34-18-5-7-22-38(34)48)36-20-14-19-35(30-36)45-31-46-41-25-9-8-23-39(41)40-24-10-12-27-43(40)47(46)44-28-13-11-26-42(44)45/h1-31H. The van der Waals surface area contributed by atoms with E-state index in [-0.39, 0.29) is 0 Å². The molecule has 1 heterocycles. The van der Waals surface area contributed by atoms with E-state index in [4.69, 9.17) is 15.0 Å². The maximum Gasteiger partial charge on any atom is 0.165 e. The molecule has 0 unspecified atom stereocenters. The van der Waals surface area contributed by atoms with Crippen LogP contribution in [0.2, 0.25) is 0 Å². The highest BCUT2D eigenvalue weighted by Gasteiger charge is 2.19. The summed E-state index contributed by atoms with van der Waals surface area (Å²) in [6.45, 7) is 0. The number of aromatic nitrogens is 3. The van der Waals surface area contributed by atoms with Gasteiger partial charge in [0.2, 0.25) is 0 Å². The van der Waals surface area contributed by atoms with Gasteiger partial charge in [-0.05, 0) is 94.0 Å². The number of fused-ring (bicyclic) bond motifs is 10. The zero-order valence-electron chi connectivity index (χ0n) is 29.2. The number of hydrogen-bond donors (Lipinski definition) is 0. The van der Waals surface area contributed by atoms with E-state index in [1.165, 1.54) is 48.7 Å². The van der Waals surface area contributed by atoms with Gasteiger partial charge in [0.15, 0.2) is 17.5 Å². The Bertz CT molecular complexity index is 3220. The second-order valence-electron chi connectivity index (χ2n) is 13.9. The Morgan fingerprint density at radius 2 is 0.704 bits per heavy atom. The fraction of sp³-hybridized carbons (Fsp3) is 0. The van der Waals surface area contributed by atoms with E-state index < -0.39 is 0 Å². The molecule has 0 aliphatic rings. The molecule has 0 aliphatic heterocycles. The maximum absolute atomic E-state index is 5.30. The van der Waals surface area contributed by atoms with Crippen molar-refractivity contribution >= 4 is 64.6 Å². The molecule has 11 rings (SSSR count). The van der Waals surface area contributed by atoms with Crippen molar-refractivity contribution < 1.29 is 0 Å². The Kier molecular flexibility index (Phi) is 6.86. The summed E-state index contributed by atoms with van der Waals surface area (Å²) >= 11 is 0. The van der Waals surface area contributed by atoms with Crippen LogP contribution in [0, 0.1) is 0 Å². The van der Waals surface area contributed by atoms with Gasteiger partial charge in [0, 0.05) is 16.7 Å². The zero-order chi connectivity index (χ0) is 35.6. The van der Waals surface area contributed by atoms with Crippen molar-refractivity contribution in [3.8, 4) is 45.3 Å². The van der Waals surface area contributed by atoms with Gasteiger partial charge in [-0.3, -0.25) is 0 Å². The van der Waals surface area contributed by atoms with Crippen LogP contribution in [0.25, 0.3) is 110 Å². The van der Waals surface area contributed by atoms with Gasteiger partial charge in [-0.25, -0.2) is 15.0 Å². The molecule has 0 amide bonds. The minimum absolute atomic E-state index is 0.638. The number of hydrogen-bond acceptors (Lipinski definition) is 3. The van der Waals surface area contributed by atoms with E-state index in [2.05, 4.69) is 170 Å². The maximum atomic E-state index is 5.30. The number of nitrogens with zero attached hydrogens (tertiary/aromatic N) is 3. The highest BCUT2D eigenvalue weighted by Crippen LogP contribution is 2.43. The predicted octanol–water partition coefficient (Wildman–Crippen LogP) is 13.5. The van der Waals surface area contributed by atoms with E-state index in [0.29, 0.717) is 17.5 Å². The van der Waals surface area contributed by atoms with Gasteiger partial charge < -0.3 is 0 Å². The summed E-state index contributed by atoms with van der Waals surface area (Å²) in [7, 11) is 0. The quantitative estimate of drug-likeness (QED) is 0.137. The molecule has 0 bridgehead atoms. The van der Waals surface area contributed by atoms with Crippen LogP contribution >= 0.6 is 0 Å². The Labute approximate surface area is 311 Å². The van der Waals surface area contributed by atoms with Crippen LogP contribution in [0.3, 0.4) is 0 Å². The topological polar surface area (TPSA) is 38.7 Å². The summed E-state index contributed by atoms with van der Waals surface area (Å²) in [5.41, 5.74) is 5.19. The Balaban J connectivity index is 1.17. The van der Waals surface area contributed by atoms with Gasteiger partial charge in [0.1, 0.15) is 0 Å². The minimum atomic E-state index is 0.638. The first kappa shape index (κ1) is 30.4. The van der Waals surface area contributed by atoms with E-state index in [9.17, 15) is 0 Å². The average Bonchev–Trinajstić information content (AvgIpc) is 3.25. The molecular weight excluding hydrogens is 655 g/mol. The van der Waals surface area contributed by atoms with Gasteiger partial charge in [0.05, 0.1) is 0 Å². The second-order valence-corrected chi connectivity index (χ2v) is 13.9. The number of benzene rings is 10. The van der Waals surface area contributed by atoms with Gasteiger partial charge in [-0.15, -0.1) is 0 Å². The Hall–Kier alpha value is -7.23. The first-order chi connectivity index (χ1) is 26.8. The lowest BCUT2D eigenvalue weighted by Gasteiger charge is -2.16. The summed E-state index contributed by atoms with van der Waals surface area (Å²) in [5.74, 6) is 1.94. The first-order valence-corrected chi connectivity index (χ1v) is 18.4. The van der Waals surface area contributed by atoms with Crippen molar-refractivity contribution in [3.05, 3.63) is 188 Å². The second kappa shape index (κ2) is 12.2. The van der Waals surface area contributed by atoms with Crippen LogP contribution in [0.15, 0.2) is 188 Å². The Morgan fingerprint density at radius 3 is 1.37 bits per heavy atom. The summed E-state index contributed by atoms with van der Waals surface area (Å²) in [6.07, 6.45) is 0. The summed E-state index contributed by atoms with van der Waals surface area (Å²) in [4.78, 5) is 15.6. The van der Waals surface area contributed by atoms with Crippen molar-refractivity contribution in [3.63, 3.8) is 0 Å². The molecule has 1 aromatic heterocycles. The minimum Gasteiger partial charge on any atom is -0.208 e. The van der Waals surface area contributed by atoms with Crippen LogP contribution in [0.1, 0.15) is 0 Å². The molecule has 10 aromatic carbocycles. The molecule has 54 heavy (non-hydrogen) atoms. The molecule has 3 nitrogen and oxygen atoms in total. The molecule has 250 valence electrons. The van der Waals surface area contributed by atoms with E-state index >= 15 is 0 Å². The molecule has 0 aliphatic carbocycles. The predicted molar refractivity (Wildman–Crippen MR) is 227 cm³/mol. The lowest BCUT2D eigenvalue weighted by Crippen LogP contribution is -2.01. The van der Waals surface area contributed by atoms with Crippen molar-refractivity contribution in [1.29, 1.82) is 0 Å². The lowest BCUT2D eigenvalue weighted by molar-refractivity contribution is 1.08. The van der Waals surface area contributed by atoms with Crippen molar-refractivity contribution in [1.82, 2.24) is 15.0 Å². The largest absolute Gasteiger partial charge is 0.208 e. The SMILES string of the molecule is c1ccc(-c2nc(-c3cccc(-c4cc5c6ccccc6c6ccccc6c5c5ccccc45)c3)nc(-c3c4ccccc4cc4ccccc34)n2)cc1. The molecule has 0 saturated heterocycles. The molecule has 11 aromatic rings. The monoisotopic (exact) mass is 685 g/mol. The molecule has 0 N–H and O–H groups in total. The van der Waals surface area contributed by atoms with Crippen LogP contribution in [0.4, 0.5) is 0 Å². The van der Waals surface area contributed by atoms with E-state index in [1.54, 1.807) is 0 Å². The zero-order valence-corrected chi connectivity index (χ0v) is 29.2. The van der Waals surface area contributed by atoms with Gasteiger partial charge in [-0.2, -0.15) is 0 Å². The molecular formula is C51H31N3. The van der Waals surface area contributed by atoms with Gasteiger partial charge >= 0.3 is 0 Å². The normalized spacial score (nSPS) is 11.7. The smallest absolute Gasteiger partial charge is 0.165 e. The number of rotatable bonds is 4. The van der Waals surface area contributed by atoms with Crippen LogP contribution < -0.4 is 0 Å². The molecule has 0 radical (unpaired) electrons. The Morgan fingerprint density at radius 1 is 0.259 bits per heavy atom. The summed E-state index contributed by atoms with van der Waals surface area (Å²) in [5, 5.41) is 14.6. The summed E-state index contributed by atoms with van der Waals surface area (Å²) in [6, 6.07) is 67.0. The third kappa shape index (κ3) is 4.79. The van der Waals surface area contributed by atoms with Crippen LogP contribution in [-0.2, 0) is 0 Å². The van der Waals surface area contributed by atoms with E-state index in [1.807, 2.05) is 18.2 Å². The summed E-state index contributed by atoms with van der Waals surface area (Å²) < 4.78 is 0. The molecule has 0 spiro atoms. The van der Waals surface area contributed by atoms with E-state index in [0.717, 1.165) is 43.8 Å². The fourth-order valence-corrected chi connectivity index (χ4v) is 8.42. The van der Waals surface area contributed by atoms with Gasteiger partial charge in [-0.1, -0.05) is 170 Å². The van der Waals surface area contributed by atoms with Crippen molar-refractivity contribution in [2.75, 3.05) is 0 Å². The average molecular weight is 686 g/mol. The highest BCUT2D eigenvalue weighted by molar-refractivity contribution is 6.33. The van der Waals surface area contributed by atoms with Crippen LogP contribution in [0.5, 0.6) is 0 Å². The van der Waals surface area contributed by atoms with Crippen LogP contribution in [-0.4, -0.2) is 15.0 Å². The fourth-order valence-electron chi connectivity index (χ4n) is 8.42. The lowest BCUT2D eigenvalue weighted by atomic mass is 9.87. The highest BCUT2D eigenvalue weighted by atomic mass is 15.0. The molecule has 3 heteroatoms. The molecule has 0 atom stereocenters. The van der Waals surface area contributed by atoms with Crippen molar-refractivity contribution in [2.24, 2.45) is 0 Å². The third-order valence-electron chi connectivity index (χ3n) is 10.8. The third-order valence-corrected chi connectivity index (χ3v) is 10.8. The van der Waals surface area contributed by atoms with Crippen molar-refractivity contribution in [2.45, 2.75) is 0 Å². The first-order valence-electron chi connectivity index (χ1n) is 18.4.